The molecule has 43 heavy (non-hydrogen) atoms. The molecule has 0 saturated carbocycles. The number of methoxy groups -OCH3 is 1. The Hall–Kier alpha value is -1.77. The third-order valence-corrected chi connectivity index (χ3v) is 9.89. The van der Waals surface area contributed by atoms with Gasteiger partial charge < -0.3 is 29.5 Å². The van der Waals surface area contributed by atoms with Crippen LogP contribution in [-0.4, -0.2) is 64.7 Å². The molecule has 2 aliphatic heterocycles. The van der Waals surface area contributed by atoms with E-state index in [0.29, 0.717) is 12.0 Å². The number of rotatable bonds is 6. The maximum Gasteiger partial charge on any atom is 0.334 e. The lowest BCUT2D eigenvalue weighted by atomic mass is 9.73. The van der Waals surface area contributed by atoms with E-state index in [1.54, 1.807) is 27.0 Å². The molecule has 7 nitrogen and oxygen atoms in total. The van der Waals surface area contributed by atoms with Crippen LogP contribution in [0.25, 0.3) is 0 Å². The summed E-state index contributed by atoms with van der Waals surface area (Å²) in [6.07, 6.45) is 7.34. The SMILES string of the molecule is COC1/C=C/C=C(\C)CC(C)C(O)C(C)/C=C(C)/C=C(\C)C(=O)OC1C(C)C(O)C(C)C1(O)CC(C)C(C)C(C(C)C)O1. The third kappa shape index (κ3) is 9.61. The van der Waals surface area contributed by atoms with Gasteiger partial charge in [-0.2, -0.15) is 0 Å². The largest absolute Gasteiger partial charge is 0.456 e. The van der Waals surface area contributed by atoms with Crippen molar-refractivity contribution in [3.05, 3.63) is 47.1 Å². The monoisotopic (exact) mass is 604 g/mol. The molecule has 246 valence electrons. The zero-order valence-corrected chi connectivity index (χ0v) is 28.7. The predicted octanol–water partition coefficient (Wildman–Crippen LogP) is 6.38. The van der Waals surface area contributed by atoms with Crippen molar-refractivity contribution in [3.8, 4) is 0 Å². The highest BCUT2D eigenvalue weighted by molar-refractivity contribution is 5.88. The minimum atomic E-state index is -1.52. The maximum absolute atomic E-state index is 13.4. The second-order valence-corrected chi connectivity index (χ2v) is 14.1. The fourth-order valence-electron chi connectivity index (χ4n) is 6.83. The van der Waals surface area contributed by atoms with Crippen molar-refractivity contribution in [2.45, 2.75) is 125 Å². The van der Waals surface area contributed by atoms with Gasteiger partial charge in [-0.1, -0.05) is 90.8 Å². The van der Waals surface area contributed by atoms with Gasteiger partial charge in [0.25, 0.3) is 0 Å². The molecule has 3 N–H and O–H groups in total. The molecule has 2 rings (SSSR count). The molecule has 1 fully saturated rings. The molecule has 0 aromatic rings. The van der Waals surface area contributed by atoms with Crippen LogP contribution in [0, 0.1) is 41.4 Å². The van der Waals surface area contributed by atoms with Crippen LogP contribution in [0.3, 0.4) is 0 Å². The summed E-state index contributed by atoms with van der Waals surface area (Å²) in [5.74, 6) is -2.66. The molecule has 0 aromatic carbocycles. The number of ether oxygens (including phenoxy) is 3. The van der Waals surface area contributed by atoms with Crippen LogP contribution in [0.1, 0.15) is 89.0 Å². The number of cyclic esters (lactones) is 1. The van der Waals surface area contributed by atoms with Crippen LogP contribution in [0.15, 0.2) is 47.1 Å². The normalized spacial score (nSPS) is 42.0. The summed E-state index contributed by atoms with van der Waals surface area (Å²) in [6.45, 7) is 21.7. The van der Waals surface area contributed by atoms with E-state index in [-0.39, 0.29) is 35.7 Å². The van der Waals surface area contributed by atoms with Crippen molar-refractivity contribution in [2.24, 2.45) is 41.4 Å². The Morgan fingerprint density at radius 1 is 1.02 bits per heavy atom. The van der Waals surface area contributed by atoms with Gasteiger partial charge in [-0.05, 0) is 56.9 Å². The van der Waals surface area contributed by atoms with Crippen molar-refractivity contribution in [1.82, 2.24) is 0 Å². The summed E-state index contributed by atoms with van der Waals surface area (Å²) < 4.78 is 18.3. The summed E-state index contributed by atoms with van der Waals surface area (Å²) >= 11 is 0. The number of carbonyl (C=O) groups is 1. The van der Waals surface area contributed by atoms with Crippen LogP contribution >= 0.6 is 0 Å². The van der Waals surface area contributed by atoms with Crippen molar-refractivity contribution in [3.63, 3.8) is 0 Å². The third-order valence-electron chi connectivity index (χ3n) is 9.89. The molecule has 7 heteroatoms. The topological polar surface area (TPSA) is 105 Å². The number of esters is 1. The van der Waals surface area contributed by atoms with Crippen LogP contribution in [0.5, 0.6) is 0 Å². The van der Waals surface area contributed by atoms with Crippen molar-refractivity contribution >= 4 is 5.97 Å². The zero-order valence-electron chi connectivity index (χ0n) is 28.7. The number of hydrogen-bond donors (Lipinski definition) is 3. The molecular formula is C36H60O7. The average Bonchev–Trinajstić information content (AvgIpc) is 2.93. The predicted molar refractivity (Wildman–Crippen MR) is 172 cm³/mol. The molecule has 1 saturated heterocycles. The van der Waals surface area contributed by atoms with E-state index < -0.39 is 48.0 Å². The minimum absolute atomic E-state index is 0.0445. The van der Waals surface area contributed by atoms with E-state index in [1.807, 2.05) is 58.9 Å². The Bertz CT molecular complexity index is 1040. The van der Waals surface area contributed by atoms with Crippen LogP contribution in [-0.2, 0) is 19.0 Å². The standard InChI is InChI=1S/C36H60O7/c1-20(2)33-27(9)26(8)19-36(40,43-33)29(11)32(38)28(10)34-30(41-12)15-13-14-21(3)16-23(5)31(37)24(6)17-22(4)18-25(7)35(39)42-34/h13-15,17-18,20,23-24,26-34,37-38,40H,16,19H2,1-12H3/b15-13+,21-14+,22-17+,25-18+. The Balaban J connectivity index is 2.48. The number of aliphatic hydroxyl groups excluding tert-OH is 2. The molecule has 2 heterocycles. The number of hydrogen-bond acceptors (Lipinski definition) is 7. The van der Waals surface area contributed by atoms with Crippen molar-refractivity contribution in [1.29, 1.82) is 0 Å². The quantitative estimate of drug-likeness (QED) is 0.302. The molecule has 12 atom stereocenters. The maximum atomic E-state index is 13.4. The number of aliphatic hydroxyl groups is 3. The summed E-state index contributed by atoms with van der Waals surface area (Å²) in [7, 11) is 1.55. The smallest absolute Gasteiger partial charge is 0.334 e. The first-order valence-electron chi connectivity index (χ1n) is 16.1. The molecule has 0 spiro atoms. The summed E-state index contributed by atoms with van der Waals surface area (Å²) in [6, 6.07) is 0. The fourth-order valence-corrected chi connectivity index (χ4v) is 6.83. The van der Waals surface area contributed by atoms with Gasteiger partial charge in [0.2, 0.25) is 0 Å². The first kappa shape index (κ1) is 37.4. The zero-order chi connectivity index (χ0) is 32.8. The minimum Gasteiger partial charge on any atom is -0.456 e. The number of carbonyl (C=O) groups excluding carboxylic acids is 1. The van der Waals surface area contributed by atoms with Gasteiger partial charge in [-0.15, -0.1) is 0 Å². The Morgan fingerprint density at radius 3 is 2.23 bits per heavy atom. The summed E-state index contributed by atoms with van der Waals surface area (Å²) in [5, 5.41) is 34.4. The van der Waals surface area contributed by atoms with Crippen LogP contribution in [0.4, 0.5) is 0 Å². The van der Waals surface area contributed by atoms with Gasteiger partial charge in [0, 0.05) is 36.9 Å². The van der Waals surface area contributed by atoms with E-state index in [2.05, 4.69) is 27.7 Å². The van der Waals surface area contributed by atoms with Gasteiger partial charge in [0.05, 0.1) is 18.3 Å². The van der Waals surface area contributed by atoms with E-state index in [0.717, 1.165) is 17.6 Å². The first-order chi connectivity index (χ1) is 19.9. The Morgan fingerprint density at radius 2 is 1.65 bits per heavy atom. The highest BCUT2D eigenvalue weighted by Gasteiger charge is 2.50. The highest BCUT2D eigenvalue weighted by Crippen LogP contribution is 2.43. The van der Waals surface area contributed by atoms with Gasteiger partial charge in [-0.25, -0.2) is 4.79 Å². The lowest BCUT2D eigenvalue weighted by Crippen LogP contribution is -2.57. The number of allylic oxidation sites excluding steroid dienone is 5. The second-order valence-electron chi connectivity index (χ2n) is 14.1. The van der Waals surface area contributed by atoms with Crippen molar-refractivity contribution < 1.29 is 34.3 Å². The van der Waals surface area contributed by atoms with E-state index in [9.17, 15) is 20.1 Å². The highest BCUT2D eigenvalue weighted by atomic mass is 16.6. The van der Waals surface area contributed by atoms with E-state index in [1.165, 1.54) is 0 Å². The summed E-state index contributed by atoms with van der Waals surface area (Å²) in [5.41, 5.74) is 2.36. The van der Waals surface area contributed by atoms with E-state index in [4.69, 9.17) is 14.2 Å². The van der Waals surface area contributed by atoms with Crippen molar-refractivity contribution in [2.75, 3.05) is 7.11 Å². The lowest BCUT2D eigenvalue weighted by molar-refractivity contribution is -0.321. The molecule has 0 amide bonds. The molecule has 12 unspecified atom stereocenters. The molecule has 0 aromatic heterocycles. The molecule has 0 bridgehead atoms. The van der Waals surface area contributed by atoms with Crippen LogP contribution in [0.2, 0.25) is 0 Å². The Kier molecular flexibility index (Phi) is 13.9. The van der Waals surface area contributed by atoms with E-state index >= 15 is 0 Å². The van der Waals surface area contributed by atoms with Gasteiger partial charge >= 0.3 is 5.97 Å². The fraction of sp³-hybridized carbons (Fsp3) is 0.750. The van der Waals surface area contributed by atoms with Gasteiger partial charge in [0.1, 0.15) is 12.2 Å². The molecule has 2 aliphatic rings. The average molecular weight is 605 g/mol. The second kappa shape index (κ2) is 16.0. The lowest BCUT2D eigenvalue weighted by Gasteiger charge is -2.50. The first-order valence-corrected chi connectivity index (χ1v) is 16.1. The van der Waals surface area contributed by atoms with Crippen LogP contribution < -0.4 is 0 Å². The Labute approximate surface area is 261 Å². The van der Waals surface area contributed by atoms with Gasteiger partial charge in [-0.3, -0.25) is 0 Å². The summed E-state index contributed by atoms with van der Waals surface area (Å²) in [4.78, 5) is 13.4. The molecule has 0 aliphatic carbocycles. The molecular weight excluding hydrogens is 544 g/mol. The van der Waals surface area contributed by atoms with Gasteiger partial charge in [0.15, 0.2) is 5.79 Å². The molecule has 0 radical (unpaired) electrons.